The Kier molecular flexibility index (Phi) is 4.61. The van der Waals surface area contributed by atoms with Crippen LogP contribution in [0.2, 0.25) is 0 Å². The first-order chi connectivity index (χ1) is 5.79. The van der Waals surface area contributed by atoms with Crippen molar-refractivity contribution in [3.8, 4) is 0 Å². The number of ketones is 1. The molecule has 0 spiro atoms. The van der Waals surface area contributed by atoms with Gasteiger partial charge in [-0.3, -0.25) is 9.59 Å². The zero-order valence-corrected chi connectivity index (χ0v) is 10.1. The van der Waals surface area contributed by atoms with Gasteiger partial charge in [-0.25, -0.2) is 0 Å². The van der Waals surface area contributed by atoms with Crippen molar-refractivity contribution in [2.45, 2.75) is 33.2 Å². The third-order valence-corrected chi connectivity index (χ3v) is 2.30. The summed E-state index contributed by atoms with van der Waals surface area (Å²) < 4.78 is 0. The molecule has 0 fully saturated rings. The predicted molar refractivity (Wildman–Crippen MR) is 55.9 cm³/mol. The van der Waals surface area contributed by atoms with Gasteiger partial charge in [0.2, 0.25) is 5.91 Å². The lowest BCUT2D eigenvalue weighted by molar-refractivity contribution is -0.137. The highest BCUT2D eigenvalue weighted by Crippen LogP contribution is 2.13. The van der Waals surface area contributed by atoms with Crippen molar-refractivity contribution in [1.82, 2.24) is 4.90 Å². The summed E-state index contributed by atoms with van der Waals surface area (Å²) in [5, 5.41) is 0.298. The molecule has 0 aliphatic carbocycles. The molecule has 4 heteroatoms. The maximum atomic E-state index is 11.2. The van der Waals surface area contributed by atoms with Crippen LogP contribution in [-0.2, 0) is 9.59 Å². The molecule has 0 aromatic carbocycles. The zero-order chi connectivity index (χ0) is 10.6. The molecule has 0 N–H and O–H groups in total. The van der Waals surface area contributed by atoms with Crippen LogP contribution in [0.4, 0.5) is 0 Å². The number of Topliss-reactive ketones (excluding diaryl/α,β-unsaturated/α-hetero) is 1. The average molecular weight is 250 g/mol. The lowest BCUT2D eigenvalue weighted by Crippen LogP contribution is -2.47. The molecular weight excluding hydrogens is 234 g/mol. The molecule has 0 atom stereocenters. The van der Waals surface area contributed by atoms with Crippen molar-refractivity contribution in [2.75, 3.05) is 11.9 Å². The van der Waals surface area contributed by atoms with Crippen LogP contribution in [-0.4, -0.2) is 34.0 Å². The number of nitrogens with zero attached hydrogens (tertiary/aromatic N) is 1. The highest BCUT2D eigenvalue weighted by Gasteiger charge is 2.25. The number of hydrogen-bond donors (Lipinski definition) is 0. The summed E-state index contributed by atoms with van der Waals surface area (Å²) in [6, 6.07) is 0. The fourth-order valence-electron chi connectivity index (χ4n) is 1.04. The molecule has 76 valence electrons. The molecule has 0 aliphatic rings. The minimum absolute atomic E-state index is 0.0186. The molecule has 1 amide bonds. The smallest absolute Gasteiger partial charge is 0.220 e. The molecule has 0 aliphatic heterocycles. The van der Waals surface area contributed by atoms with Crippen LogP contribution in [0.5, 0.6) is 0 Å². The molecule has 0 aromatic rings. The summed E-state index contributed by atoms with van der Waals surface area (Å²) in [6.07, 6.45) is 0. The lowest BCUT2D eigenvalue weighted by atomic mass is 10.1. The Balaban J connectivity index is 4.46. The largest absolute Gasteiger partial charge is 0.331 e. The Labute approximate surface area is 87.6 Å². The highest BCUT2D eigenvalue weighted by molar-refractivity contribution is 9.09. The van der Waals surface area contributed by atoms with E-state index in [-0.39, 0.29) is 23.8 Å². The molecule has 0 rings (SSSR count). The van der Waals surface area contributed by atoms with Gasteiger partial charge in [0.1, 0.15) is 0 Å². The van der Waals surface area contributed by atoms with Gasteiger partial charge >= 0.3 is 0 Å². The third-order valence-electron chi connectivity index (χ3n) is 1.67. The normalized spacial score (nSPS) is 11.2. The van der Waals surface area contributed by atoms with Crippen molar-refractivity contribution in [1.29, 1.82) is 0 Å². The van der Waals surface area contributed by atoms with Crippen LogP contribution in [0.25, 0.3) is 0 Å². The second-order valence-corrected chi connectivity index (χ2v) is 4.51. The van der Waals surface area contributed by atoms with Gasteiger partial charge in [-0.15, -0.1) is 0 Å². The number of carbonyl (C=O) groups is 2. The fourth-order valence-corrected chi connectivity index (χ4v) is 1.22. The van der Waals surface area contributed by atoms with Crippen LogP contribution in [0.3, 0.4) is 0 Å². The Bertz CT molecular complexity index is 208. The maximum absolute atomic E-state index is 11.2. The van der Waals surface area contributed by atoms with E-state index in [9.17, 15) is 9.59 Å². The van der Waals surface area contributed by atoms with Gasteiger partial charge in [0, 0.05) is 12.5 Å². The highest BCUT2D eigenvalue weighted by atomic mass is 79.9. The number of carbonyl (C=O) groups excluding carboxylic acids is 2. The SMILES string of the molecule is CC(=O)N(CC(=O)CBr)C(C)(C)C. The van der Waals surface area contributed by atoms with Crippen molar-refractivity contribution in [2.24, 2.45) is 0 Å². The molecule has 0 saturated heterocycles. The number of halogens is 1. The molecule has 0 heterocycles. The first-order valence-corrected chi connectivity index (χ1v) is 5.27. The summed E-state index contributed by atoms with van der Waals surface area (Å²) in [5.74, 6) is -0.0491. The van der Waals surface area contributed by atoms with E-state index < -0.39 is 0 Å². The molecular formula is C9H16BrNO2. The summed E-state index contributed by atoms with van der Waals surface area (Å²) >= 11 is 3.07. The second kappa shape index (κ2) is 4.74. The van der Waals surface area contributed by atoms with Crippen LogP contribution >= 0.6 is 15.9 Å². The van der Waals surface area contributed by atoms with Gasteiger partial charge in [-0.1, -0.05) is 15.9 Å². The first-order valence-electron chi connectivity index (χ1n) is 4.15. The van der Waals surface area contributed by atoms with Gasteiger partial charge < -0.3 is 4.90 Å². The van der Waals surface area contributed by atoms with Crippen LogP contribution in [0.15, 0.2) is 0 Å². The van der Waals surface area contributed by atoms with Crippen molar-refractivity contribution < 1.29 is 9.59 Å². The van der Waals surface area contributed by atoms with Crippen LogP contribution in [0, 0.1) is 0 Å². The van der Waals surface area contributed by atoms with Crippen molar-refractivity contribution >= 4 is 27.6 Å². The average Bonchev–Trinajstić information content (AvgIpc) is 1.96. The van der Waals surface area contributed by atoms with E-state index in [0.29, 0.717) is 5.33 Å². The minimum atomic E-state index is -0.288. The van der Waals surface area contributed by atoms with Gasteiger partial charge in [0.25, 0.3) is 0 Å². The Morgan fingerprint density at radius 2 is 1.77 bits per heavy atom. The molecule has 0 unspecified atom stereocenters. The molecule has 0 saturated carbocycles. The van der Waals surface area contributed by atoms with Crippen LogP contribution < -0.4 is 0 Å². The lowest BCUT2D eigenvalue weighted by Gasteiger charge is -2.34. The molecule has 0 aromatic heterocycles. The molecule has 13 heavy (non-hydrogen) atoms. The van der Waals surface area contributed by atoms with Crippen LogP contribution in [0.1, 0.15) is 27.7 Å². The third kappa shape index (κ3) is 4.41. The van der Waals surface area contributed by atoms with E-state index in [1.807, 2.05) is 20.8 Å². The Morgan fingerprint density at radius 3 is 2.00 bits per heavy atom. The first kappa shape index (κ1) is 12.6. The number of alkyl halides is 1. The molecule has 3 nitrogen and oxygen atoms in total. The van der Waals surface area contributed by atoms with Gasteiger partial charge in [0.15, 0.2) is 5.78 Å². The summed E-state index contributed by atoms with van der Waals surface area (Å²) in [5.41, 5.74) is -0.288. The minimum Gasteiger partial charge on any atom is -0.331 e. The van der Waals surface area contributed by atoms with E-state index in [0.717, 1.165) is 0 Å². The van der Waals surface area contributed by atoms with Gasteiger partial charge in [0.05, 0.1) is 11.9 Å². The Morgan fingerprint density at radius 1 is 1.31 bits per heavy atom. The van der Waals surface area contributed by atoms with Crippen molar-refractivity contribution in [3.63, 3.8) is 0 Å². The summed E-state index contributed by atoms with van der Waals surface area (Å²) in [7, 11) is 0. The van der Waals surface area contributed by atoms with Gasteiger partial charge in [-0.2, -0.15) is 0 Å². The standard InChI is InChI=1S/C9H16BrNO2/c1-7(12)11(9(2,3)4)6-8(13)5-10/h5-6H2,1-4H3. The second-order valence-electron chi connectivity index (χ2n) is 3.95. The topological polar surface area (TPSA) is 37.4 Å². The zero-order valence-electron chi connectivity index (χ0n) is 8.56. The van der Waals surface area contributed by atoms with E-state index in [1.165, 1.54) is 6.92 Å². The summed E-state index contributed by atoms with van der Waals surface area (Å²) in [6.45, 7) is 7.40. The fraction of sp³-hybridized carbons (Fsp3) is 0.778. The van der Waals surface area contributed by atoms with Crippen molar-refractivity contribution in [3.05, 3.63) is 0 Å². The Hall–Kier alpha value is -0.380. The molecule has 0 bridgehead atoms. The predicted octanol–water partition coefficient (Wildman–Crippen LogP) is 1.60. The van der Waals surface area contributed by atoms with Gasteiger partial charge in [-0.05, 0) is 20.8 Å². The van der Waals surface area contributed by atoms with E-state index in [1.54, 1.807) is 4.90 Å². The maximum Gasteiger partial charge on any atom is 0.220 e. The number of hydrogen-bond acceptors (Lipinski definition) is 2. The van der Waals surface area contributed by atoms with E-state index in [2.05, 4.69) is 15.9 Å². The number of rotatable bonds is 3. The molecule has 0 radical (unpaired) electrons. The number of amides is 1. The quantitative estimate of drug-likeness (QED) is 0.713. The van der Waals surface area contributed by atoms with E-state index in [4.69, 9.17) is 0 Å². The summed E-state index contributed by atoms with van der Waals surface area (Å²) in [4.78, 5) is 23.9. The van der Waals surface area contributed by atoms with E-state index >= 15 is 0 Å². The monoisotopic (exact) mass is 249 g/mol.